The lowest BCUT2D eigenvalue weighted by Gasteiger charge is -2.17. The second kappa shape index (κ2) is 4.66. The average molecular weight is 265 g/mol. The van der Waals surface area contributed by atoms with Crippen molar-refractivity contribution in [1.82, 2.24) is 0 Å². The van der Waals surface area contributed by atoms with E-state index in [0.717, 1.165) is 0 Å². The van der Waals surface area contributed by atoms with Crippen LogP contribution in [0.1, 0.15) is 15.9 Å². The molecule has 0 radical (unpaired) electrons. The first-order valence-corrected chi connectivity index (χ1v) is 6.11. The van der Waals surface area contributed by atoms with Crippen LogP contribution in [0.2, 0.25) is 0 Å². The molecule has 1 aliphatic rings. The fourth-order valence-corrected chi connectivity index (χ4v) is 2.17. The molecule has 4 heteroatoms. The van der Waals surface area contributed by atoms with Crippen molar-refractivity contribution in [3.8, 4) is 5.75 Å². The molecule has 2 aromatic rings. The van der Waals surface area contributed by atoms with Gasteiger partial charge in [-0.15, -0.1) is 0 Å². The summed E-state index contributed by atoms with van der Waals surface area (Å²) in [6, 6.07) is 13.5. The highest BCUT2D eigenvalue weighted by Gasteiger charge is 2.25. The number of fused-ring (bicyclic) bond motifs is 1. The van der Waals surface area contributed by atoms with Gasteiger partial charge in [-0.25, -0.2) is 0 Å². The van der Waals surface area contributed by atoms with Gasteiger partial charge in [-0.3, -0.25) is 9.59 Å². The van der Waals surface area contributed by atoms with Crippen LogP contribution in [0.5, 0.6) is 5.75 Å². The minimum Gasteiger partial charge on any atom is -0.508 e. The zero-order valence-electron chi connectivity index (χ0n) is 10.5. The molecule has 0 spiro atoms. The molecule has 0 unspecified atom stereocenters. The maximum Gasteiger partial charge on any atom is 0.233 e. The third-order valence-electron chi connectivity index (χ3n) is 3.09. The molecule has 2 aromatic carbocycles. The molecule has 98 valence electrons. The highest BCUT2D eigenvalue weighted by Crippen LogP contribution is 2.27. The van der Waals surface area contributed by atoms with Crippen molar-refractivity contribution < 1.29 is 14.7 Å². The second-order valence-corrected chi connectivity index (χ2v) is 4.47. The van der Waals surface area contributed by atoms with Crippen molar-refractivity contribution in [2.75, 3.05) is 5.32 Å². The van der Waals surface area contributed by atoms with E-state index >= 15 is 0 Å². The molecule has 0 saturated carbocycles. The number of carbonyl (C=O) groups excluding carboxylic acids is 2. The molecule has 1 aliphatic carbocycles. The fourth-order valence-electron chi connectivity index (χ4n) is 2.17. The first kappa shape index (κ1) is 12.2. The van der Waals surface area contributed by atoms with Crippen LogP contribution in [0.3, 0.4) is 0 Å². The molecular formula is C16H11NO3. The van der Waals surface area contributed by atoms with Gasteiger partial charge in [0, 0.05) is 29.0 Å². The molecule has 0 aliphatic heterocycles. The largest absolute Gasteiger partial charge is 0.508 e. The predicted octanol–water partition coefficient (Wildman–Crippen LogP) is 2.61. The molecule has 2 N–H and O–H groups in total. The number of Topliss-reactive ketones (excluding diaryl/α,β-unsaturated/α-hetero) is 1. The number of phenols is 1. The van der Waals surface area contributed by atoms with E-state index in [1.54, 1.807) is 48.5 Å². The van der Waals surface area contributed by atoms with Crippen LogP contribution in [0.4, 0.5) is 5.69 Å². The van der Waals surface area contributed by atoms with Gasteiger partial charge in [-0.2, -0.15) is 0 Å². The van der Waals surface area contributed by atoms with Gasteiger partial charge in [-0.1, -0.05) is 30.3 Å². The number of aromatic hydroxyl groups is 1. The summed E-state index contributed by atoms with van der Waals surface area (Å²) in [7, 11) is 0. The smallest absolute Gasteiger partial charge is 0.233 e. The molecule has 0 heterocycles. The van der Waals surface area contributed by atoms with E-state index in [1.807, 2.05) is 0 Å². The summed E-state index contributed by atoms with van der Waals surface area (Å²) in [5.74, 6) is -0.921. The summed E-state index contributed by atoms with van der Waals surface area (Å²) >= 11 is 0. The number of hydrogen-bond donors (Lipinski definition) is 2. The van der Waals surface area contributed by atoms with Gasteiger partial charge in [0.15, 0.2) is 0 Å². The van der Waals surface area contributed by atoms with Crippen molar-refractivity contribution in [1.29, 1.82) is 0 Å². The van der Waals surface area contributed by atoms with E-state index in [-0.39, 0.29) is 5.75 Å². The summed E-state index contributed by atoms with van der Waals surface area (Å²) in [6.07, 6.45) is 1.29. The lowest BCUT2D eigenvalue weighted by Crippen LogP contribution is -2.20. The Kier molecular flexibility index (Phi) is 2.84. The molecule has 3 rings (SSSR count). The van der Waals surface area contributed by atoms with Crippen molar-refractivity contribution >= 4 is 23.0 Å². The number of benzene rings is 2. The fraction of sp³-hybridized carbons (Fsp3) is 0. The Hall–Kier alpha value is -2.88. The van der Waals surface area contributed by atoms with Crippen molar-refractivity contribution in [2.24, 2.45) is 0 Å². The van der Waals surface area contributed by atoms with Crippen LogP contribution in [0.25, 0.3) is 5.70 Å². The topological polar surface area (TPSA) is 66.4 Å². The number of rotatable bonds is 2. The van der Waals surface area contributed by atoms with Gasteiger partial charge in [-0.05, 0) is 12.1 Å². The number of nitrogens with one attached hydrogen (secondary N) is 1. The van der Waals surface area contributed by atoms with Crippen LogP contribution in [-0.2, 0) is 4.79 Å². The van der Waals surface area contributed by atoms with Crippen LogP contribution in [0.15, 0.2) is 54.6 Å². The number of anilines is 1. The van der Waals surface area contributed by atoms with Gasteiger partial charge in [0.2, 0.25) is 11.6 Å². The Morgan fingerprint density at radius 3 is 2.40 bits per heavy atom. The minimum absolute atomic E-state index is 0.127. The quantitative estimate of drug-likeness (QED) is 0.819. The van der Waals surface area contributed by atoms with E-state index in [2.05, 4.69) is 5.32 Å². The van der Waals surface area contributed by atoms with Crippen LogP contribution in [0, 0.1) is 0 Å². The monoisotopic (exact) mass is 265 g/mol. The highest BCUT2D eigenvalue weighted by molar-refractivity contribution is 6.50. The molecule has 0 saturated heterocycles. The molecule has 0 amide bonds. The average Bonchev–Trinajstić information content (AvgIpc) is 2.45. The number of phenolic OH excluding ortho intramolecular Hbond substituents is 1. The molecule has 4 nitrogen and oxygen atoms in total. The second-order valence-electron chi connectivity index (χ2n) is 4.47. The molecule has 0 aromatic heterocycles. The number of hydrogen-bond acceptors (Lipinski definition) is 4. The highest BCUT2D eigenvalue weighted by atomic mass is 16.3. The van der Waals surface area contributed by atoms with Crippen LogP contribution >= 0.6 is 0 Å². The first-order valence-electron chi connectivity index (χ1n) is 6.11. The third kappa shape index (κ3) is 2.07. The predicted molar refractivity (Wildman–Crippen MR) is 75.5 cm³/mol. The van der Waals surface area contributed by atoms with E-state index < -0.39 is 11.6 Å². The van der Waals surface area contributed by atoms with Crippen LogP contribution in [-0.4, -0.2) is 16.7 Å². The third-order valence-corrected chi connectivity index (χ3v) is 3.09. The Bertz CT molecular complexity index is 747. The SMILES string of the molecule is O=C1C=C(Nc2cccc(O)c2)c2ccccc2C1=O. The summed E-state index contributed by atoms with van der Waals surface area (Å²) in [5, 5.41) is 12.5. The minimum atomic E-state index is -0.550. The normalized spacial score (nSPS) is 13.7. The number of allylic oxidation sites excluding steroid dienone is 1. The summed E-state index contributed by atoms with van der Waals surface area (Å²) in [4.78, 5) is 23.5. The van der Waals surface area contributed by atoms with Gasteiger partial charge in [0.1, 0.15) is 5.75 Å². The number of carbonyl (C=O) groups is 2. The number of ketones is 2. The molecule has 0 bridgehead atoms. The summed E-state index contributed by atoms with van der Waals surface area (Å²) in [5.41, 5.74) is 2.27. The van der Waals surface area contributed by atoms with Gasteiger partial charge in [0.05, 0.1) is 5.70 Å². The zero-order chi connectivity index (χ0) is 14.1. The summed E-state index contributed by atoms with van der Waals surface area (Å²) in [6.45, 7) is 0. The van der Waals surface area contributed by atoms with Gasteiger partial charge < -0.3 is 10.4 Å². The van der Waals surface area contributed by atoms with Gasteiger partial charge >= 0.3 is 0 Å². The van der Waals surface area contributed by atoms with Gasteiger partial charge in [0.25, 0.3) is 0 Å². The zero-order valence-corrected chi connectivity index (χ0v) is 10.5. The molecule has 0 atom stereocenters. The Labute approximate surface area is 115 Å². The van der Waals surface area contributed by atoms with Crippen LogP contribution < -0.4 is 5.32 Å². The maximum atomic E-state index is 11.8. The Balaban J connectivity index is 2.03. The van der Waals surface area contributed by atoms with Crippen molar-refractivity contribution in [2.45, 2.75) is 0 Å². The van der Waals surface area contributed by atoms with Crippen molar-refractivity contribution in [3.63, 3.8) is 0 Å². The lowest BCUT2D eigenvalue weighted by molar-refractivity contribution is -0.111. The van der Waals surface area contributed by atoms with E-state index in [1.165, 1.54) is 6.08 Å². The maximum absolute atomic E-state index is 11.8. The molecule has 20 heavy (non-hydrogen) atoms. The first-order chi connectivity index (χ1) is 9.65. The molecule has 0 fully saturated rings. The molecular weight excluding hydrogens is 254 g/mol. The standard InChI is InChI=1S/C16H11NO3/c18-11-5-3-4-10(8-11)17-14-9-15(19)16(20)13-7-2-1-6-12(13)14/h1-9,17-18H. The summed E-state index contributed by atoms with van der Waals surface area (Å²) < 4.78 is 0. The Morgan fingerprint density at radius 2 is 1.65 bits per heavy atom. The van der Waals surface area contributed by atoms with E-state index in [9.17, 15) is 14.7 Å². The Morgan fingerprint density at radius 1 is 0.900 bits per heavy atom. The van der Waals surface area contributed by atoms with Crippen molar-refractivity contribution in [3.05, 3.63) is 65.7 Å². The van der Waals surface area contributed by atoms with E-state index in [0.29, 0.717) is 22.5 Å². The lowest BCUT2D eigenvalue weighted by atomic mass is 9.92. The van der Waals surface area contributed by atoms with E-state index in [4.69, 9.17) is 0 Å².